The van der Waals surface area contributed by atoms with E-state index in [1.165, 1.54) is 30.3 Å². The number of nitrogens with two attached hydrogens (primary N) is 1. The molecule has 0 aromatic heterocycles. The highest BCUT2D eigenvalue weighted by Gasteiger charge is 2.15. The van der Waals surface area contributed by atoms with Gasteiger partial charge in [-0.25, -0.2) is 0 Å². The largest absolute Gasteiger partial charge is 0.375 e. The third-order valence-electron chi connectivity index (χ3n) is 3.24. The Balaban J connectivity index is 2.27. The van der Waals surface area contributed by atoms with Crippen LogP contribution in [0.4, 0.5) is 5.69 Å². The van der Waals surface area contributed by atoms with Crippen LogP contribution in [0.25, 0.3) is 6.08 Å². The molecule has 0 aliphatic rings. The highest BCUT2D eigenvalue weighted by atomic mass is 32.1. The zero-order valence-electron chi connectivity index (χ0n) is 13.8. The van der Waals surface area contributed by atoms with Crippen LogP contribution in [0.3, 0.4) is 0 Å². The summed E-state index contributed by atoms with van der Waals surface area (Å²) in [6.45, 7) is 0. The fourth-order valence-electron chi connectivity index (χ4n) is 1.99. The second kappa shape index (κ2) is 9.06. The van der Waals surface area contributed by atoms with Crippen LogP contribution in [0.5, 0.6) is 0 Å². The fourth-order valence-corrected chi connectivity index (χ4v) is 2.04. The molecule has 2 aromatic rings. The van der Waals surface area contributed by atoms with Crippen molar-refractivity contribution in [3.8, 4) is 0 Å². The second-order valence-corrected chi connectivity index (χ2v) is 5.61. The normalized spacial score (nSPS) is 10.6. The number of nitrogens with zero attached hydrogens (tertiary/aromatic N) is 1. The third-order valence-corrected chi connectivity index (χ3v) is 3.35. The monoisotopic (exact) mass is 385 g/mol. The van der Waals surface area contributed by atoms with Gasteiger partial charge in [0.15, 0.2) is 5.11 Å². The summed E-state index contributed by atoms with van der Waals surface area (Å²) in [7, 11) is 0. The molecule has 0 fully saturated rings. The first-order valence-electron chi connectivity index (χ1n) is 7.55. The SMILES string of the molecule is NC(=S)NNC(=O)C(=Cc1ccc([N+](=O)[O-])cc1)NC(=O)c1ccccc1. The number of nitro benzene ring substituents is 1. The molecule has 0 radical (unpaired) electrons. The predicted octanol–water partition coefficient (Wildman–Crippen LogP) is 1.23. The molecule has 0 heterocycles. The molecule has 0 atom stereocenters. The molecule has 2 aromatic carbocycles. The van der Waals surface area contributed by atoms with E-state index in [1.54, 1.807) is 30.3 Å². The lowest BCUT2D eigenvalue weighted by atomic mass is 10.1. The third kappa shape index (κ3) is 5.90. The smallest absolute Gasteiger partial charge is 0.286 e. The van der Waals surface area contributed by atoms with Gasteiger partial charge in [0.1, 0.15) is 5.70 Å². The topological polar surface area (TPSA) is 139 Å². The van der Waals surface area contributed by atoms with Crippen LogP contribution < -0.4 is 21.9 Å². The molecular weight excluding hydrogens is 370 g/mol. The van der Waals surface area contributed by atoms with Crippen LogP contribution in [-0.2, 0) is 4.79 Å². The van der Waals surface area contributed by atoms with E-state index in [2.05, 4.69) is 28.4 Å². The van der Waals surface area contributed by atoms with Crippen molar-refractivity contribution < 1.29 is 14.5 Å². The van der Waals surface area contributed by atoms with E-state index in [-0.39, 0.29) is 16.5 Å². The molecule has 9 nitrogen and oxygen atoms in total. The molecule has 138 valence electrons. The number of thiocarbonyl (C=S) groups is 1. The number of carbonyl (C=O) groups excluding carboxylic acids is 2. The molecule has 27 heavy (non-hydrogen) atoms. The minimum absolute atomic E-state index is 0.0957. The summed E-state index contributed by atoms with van der Waals surface area (Å²) in [4.78, 5) is 34.8. The van der Waals surface area contributed by atoms with Crippen molar-refractivity contribution in [2.45, 2.75) is 0 Å². The highest BCUT2D eigenvalue weighted by molar-refractivity contribution is 7.80. The summed E-state index contributed by atoms with van der Waals surface area (Å²) >= 11 is 4.61. The molecule has 5 N–H and O–H groups in total. The number of nitrogens with one attached hydrogen (secondary N) is 3. The van der Waals surface area contributed by atoms with E-state index in [4.69, 9.17) is 5.73 Å². The average Bonchev–Trinajstić information content (AvgIpc) is 2.66. The zero-order valence-corrected chi connectivity index (χ0v) is 14.7. The van der Waals surface area contributed by atoms with Gasteiger partial charge in [0, 0.05) is 17.7 Å². The zero-order chi connectivity index (χ0) is 19.8. The molecular formula is C17H15N5O4S. The number of non-ortho nitro benzene ring substituents is 1. The Bertz CT molecular complexity index is 897. The van der Waals surface area contributed by atoms with Gasteiger partial charge in [0.05, 0.1) is 4.92 Å². The number of benzene rings is 2. The van der Waals surface area contributed by atoms with E-state index in [9.17, 15) is 19.7 Å². The Morgan fingerprint density at radius 3 is 2.22 bits per heavy atom. The number of carbonyl (C=O) groups is 2. The predicted molar refractivity (Wildman–Crippen MR) is 103 cm³/mol. The Labute approximate surface area is 159 Å². The molecule has 0 bridgehead atoms. The first-order valence-corrected chi connectivity index (χ1v) is 7.96. The fraction of sp³-hybridized carbons (Fsp3) is 0. The van der Waals surface area contributed by atoms with Crippen LogP contribution in [0, 0.1) is 10.1 Å². The van der Waals surface area contributed by atoms with E-state index in [0.29, 0.717) is 11.1 Å². The molecule has 10 heteroatoms. The van der Waals surface area contributed by atoms with Crippen molar-refractivity contribution in [2.75, 3.05) is 0 Å². The summed E-state index contributed by atoms with van der Waals surface area (Å²) < 4.78 is 0. The standard InChI is InChI=1S/C17H15N5O4S/c18-17(27)21-20-16(24)14(19-15(23)12-4-2-1-3-5-12)10-11-6-8-13(9-7-11)22(25)26/h1-10H,(H,19,23)(H,20,24)(H3,18,21,27). The van der Waals surface area contributed by atoms with Gasteiger partial charge in [-0.1, -0.05) is 18.2 Å². The molecule has 0 aliphatic carbocycles. The maximum Gasteiger partial charge on any atom is 0.286 e. The highest BCUT2D eigenvalue weighted by Crippen LogP contribution is 2.14. The van der Waals surface area contributed by atoms with Gasteiger partial charge in [-0.3, -0.25) is 30.6 Å². The van der Waals surface area contributed by atoms with Gasteiger partial charge in [-0.05, 0) is 48.1 Å². The van der Waals surface area contributed by atoms with Gasteiger partial charge in [-0.15, -0.1) is 0 Å². The van der Waals surface area contributed by atoms with E-state index >= 15 is 0 Å². The van der Waals surface area contributed by atoms with Crippen LogP contribution in [-0.4, -0.2) is 21.9 Å². The number of hydrazine groups is 1. The summed E-state index contributed by atoms with van der Waals surface area (Å²) in [6, 6.07) is 13.8. The van der Waals surface area contributed by atoms with E-state index < -0.39 is 16.7 Å². The van der Waals surface area contributed by atoms with Crippen LogP contribution in [0.15, 0.2) is 60.3 Å². The Morgan fingerprint density at radius 1 is 1.04 bits per heavy atom. The van der Waals surface area contributed by atoms with Gasteiger partial charge in [-0.2, -0.15) is 0 Å². The van der Waals surface area contributed by atoms with Gasteiger partial charge >= 0.3 is 0 Å². The second-order valence-electron chi connectivity index (χ2n) is 5.17. The number of nitro groups is 1. The molecule has 0 aliphatic heterocycles. The van der Waals surface area contributed by atoms with Crippen molar-refractivity contribution in [2.24, 2.45) is 5.73 Å². The van der Waals surface area contributed by atoms with Crippen LogP contribution in [0.1, 0.15) is 15.9 Å². The summed E-state index contributed by atoms with van der Waals surface area (Å²) in [6.07, 6.45) is 1.36. The van der Waals surface area contributed by atoms with Crippen molar-refractivity contribution >= 4 is 40.9 Å². The Hall–Kier alpha value is -3.79. The first kappa shape index (κ1) is 19.5. The molecule has 0 saturated carbocycles. The summed E-state index contributed by atoms with van der Waals surface area (Å²) in [5.74, 6) is -1.21. The maximum atomic E-state index is 12.3. The lowest BCUT2D eigenvalue weighted by Gasteiger charge is -2.11. The molecule has 2 amide bonds. The van der Waals surface area contributed by atoms with E-state index in [0.717, 1.165) is 0 Å². The Kier molecular flexibility index (Phi) is 6.55. The Morgan fingerprint density at radius 2 is 1.67 bits per heavy atom. The quantitative estimate of drug-likeness (QED) is 0.263. The maximum absolute atomic E-state index is 12.3. The van der Waals surface area contributed by atoms with Gasteiger partial charge in [0.2, 0.25) is 0 Å². The first-order chi connectivity index (χ1) is 12.9. The minimum atomic E-state index is -0.703. The van der Waals surface area contributed by atoms with Crippen molar-refractivity contribution in [1.29, 1.82) is 0 Å². The van der Waals surface area contributed by atoms with Crippen molar-refractivity contribution in [3.63, 3.8) is 0 Å². The summed E-state index contributed by atoms with van der Waals surface area (Å²) in [5, 5.41) is 13.1. The van der Waals surface area contributed by atoms with Crippen LogP contribution in [0.2, 0.25) is 0 Å². The minimum Gasteiger partial charge on any atom is -0.375 e. The van der Waals surface area contributed by atoms with Gasteiger partial charge in [0.25, 0.3) is 17.5 Å². The number of amides is 2. The lowest BCUT2D eigenvalue weighted by molar-refractivity contribution is -0.384. The van der Waals surface area contributed by atoms with Crippen LogP contribution >= 0.6 is 12.2 Å². The van der Waals surface area contributed by atoms with Crippen molar-refractivity contribution in [3.05, 3.63) is 81.5 Å². The molecule has 0 unspecified atom stereocenters. The molecule has 0 saturated heterocycles. The molecule has 2 rings (SSSR count). The van der Waals surface area contributed by atoms with E-state index in [1.807, 2.05) is 0 Å². The van der Waals surface area contributed by atoms with Gasteiger partial charge < -0.3 is 11.1 Å². The number of hydrogen-bond donors (Lipinski definition) is 4. The lowest BCUT2D eigenvalue weighted by Crippen LogP contribution is -2.47. The molecule has 0 spiro atoms. The number of rotatable bonds is 5. The number of hydrogen-bond acceptors (Lipinski definition) is 5. The average molecular weight is 385 g/mol. The van der Waals surface area contributed by atoms with Crippen molar-refractivity contribution in [1.82, 2.24) is 16.2 Å². The summed E-state index contributed by atoms with van der Waals surface area (Å²) in [5.41, 5.74) is 10.4.